The maximum Gasteiger partial charge on any atom is 0.191 e. The van der Waals surface area contributed by atoms with Gasteiger partial charge in [-0.25, -0.2) is 0 Å². The smallest absolute Gasteiger partial charge is 0.191 e. The van der Waals surface area contributed by atoms with Crippen molar-refractivity contribution in [2.75, 3.05) is 13.1 Å². The molecule has 1 aliphatic heterocycles. The predicted molar refractivity (Wildman–Crippen MR) is 102 cm³/mol. The first-order chi connectivity index (χ1) is 12.0. The van der Waals surface area contributed by atoms with Gasteiger partial charge >= 0.3 is 0 Å². The number of nitrogens with zero attached hydrogens (tertiary/aromatic N) is 4. The summed E-state index contributed by atoms with van der Waals surface area (Å²) >= 11 is 0. The largest absolute Gasteiger partial charge is 0.357 e. The lowest BCUT2D eigenvalue weighted by atomic mass is 9.75. The summed E-state index contributed by atoms with van der Waals surface area (Å²) in [5, 5.41) is 15.5. The highest BCUT2D eigenvalue weighted by Crippen LogP contribution is 2.34. The molecule has 2 heterocycles. The van der Waals surface area contributed by atoms with E-state index < -0.39 is 0 Å². The number of aliphatic imine (C=N–C) groups is 1. The third-order valence-electron chi connectivity index (χ3n) is 5.76. The maximum atomic E-state index is 4.89. The molecule has 1 saturated carbocycles. The number of aromatic nitrogens is 3. The fourth-order valence-electron chi connectivity index (χ4n) is 3.96. The van der Waals surface area contributed by atoms with E-state index in [2.05, 4.69) is 46.2 Å². The molecular formula is C19H34N6. The molecule has 2 aliphatic rings. The van der Waals surface area contributed by atoms with Gasteiger partial charge in [-0.15, -0.1) is 10.2 Å². The molecule has 0 saturated heterocycles. The van der Waals surface area contributed by atoms with E-state index in [0.717, 1.165) is 50.1 Å². The molecule has 140 valence electrons. The minimum atomic E-state index is 0.504. The lowest BCUT2D eigenvalue weighted by Crippen LogP contribution is -2.46. The normalized spacial score (nSPS) is 24.0. The van der Waals surface area contributed by atoms with Crippen molar-refractivity contribution in [3.05, 3.63) is 11.6 Å². The van der Waals surface area contributed by atoms with Crippen LogP contribution in [0, 0.1) is 18.3 Å². The van der Waals surface area contributed by atoms with Crippen LogP contribution < -0.4 is 10.6 Å². The Bertz CT molecular complexity index is 593. The molecule has 0 bridgehead atoms. The van der Waals surface area contributed by atoms with Crippen LogP contribution in [-0.4, -0.2) is 39.9 Å². The molecule has 0 aromatic carbocycles. The molecule has 6 heteroatoms. The van der Waals surface area contributed by atoms with Gasteiger partial charge in [0.15, 0.2) is 5.96 Å². The van der Waals surface area contributed by atoms with Gasteiger partial charge in [-0.2, -0.15) is 0 Å². The third-order valence-corrected chi connectivity index (χ3v) is 5.76. The van der Waals surface area contributed by atoms with Gasteiger partial charge in [-0.1, -0.05) is 13.8 Å². The molecule has 0 spiro atoms. The second-order valence-electron chi connectivity index (χ2n) is 8.48. The highest BCUT2D eigenvalue weighted by Gasteiger charge is 2.27. The summed E-state index contributed by atoms with van der Waals surface area (Å²) in [5.74, 6) is 3.72. The van der Waals surface area contributed by atoms with Crippen molar-refractivity contribution in [3.8, 4) is 0 Å². The Labute approximate surface area is 151 Å². The summed E-state index contributed by atoms with van der Waals surface area (Å²) in [6, 6.07) is 0.559. The maximum absolute atomic E-state index is 4.89. The Hall–Kier alpha value is -1.59. The van der Waals surface area contributed by atoms with E-state index in [-0.39, 0.29) is 0 Å². The molecule has 3 rings (SSSR count). The van der Waals surface area contributed by atoms with Gasteiger partial charge in [0, 0.05) is 32.1 Å². The Morgan fingerprint density at radius 3 is 2.72 bits per heavy atom. The first kappa shape index (κ1) is 18.2. The fraction of sp³-hybridized carbons (Fsp3) is 0.842. The number of hydrogen-bond donors (Lipinski definition) is 2. The van der Waals surface area contributed by atoms with Crippen LogP contribution in [0.2, 0.25) is 0 Å². The van der Waals surface area contributed by atoms with Gasteiger partial charge in [0.25, 0.3) is 0 Å². The summed E-state index contributed by atoms with van der Waals surface area (Å²) in [4.78, 5) is 4.89. The summed E-state index contributed by atoms with van der Waals surface area (Å²) in [6.45, 7) is 11.7. The quantitative estimate of drug-likeness (QED) is 0.650. The molecule has 1 aromatic heterocycles. The Kier molecular flexibility index (Phi) is 5.64. The lowest BCUT2D eigenvalue weighted by molar-refractivity contribution is 0.216. The van der Waals surface area contributed by atoms with E-state index in [9.17, 15) is 0 Å². The molecule has 1 unspecified atom stereocenters. The zero-order chi connectivity index (χ0) is 17.9. The highest BCUT2D eigenvalue weighted by atomic mass is 15.3. The Morgan fingerprint density at radius 2 is 2.00 bits per heavy atom. The first-order valence-corrected chi connectivity index (χ1v) is 9.90. The zero-order valence-corrected chi connectivity index (χ0v) is 16.3. The van der Waals surface area contributed by atoms with Crippen molar-refractivity contribution in [2.24, 2.45) is 16.3 Å². The number of nitrogens with one attached hydrogen (secondary N) is 2. The van der Waals surface area contributed by atoms with Crippen LogP contribution in [0.15, 0.2) is 4.99 Å². The third kappa shape index (κ3) is 4.73. The van der Waals surface area contributed by atoms with Crippen LogP contribution in [0.5, 0.6) is 0 Å². The number of rotatable bonds is 4. The SMILES string of the molecule is CCNC(=NCC1CCc2nnc(C)n2C1)NC1CCC(C)(C)CC1. The van der Waals surface area contributed by atoms with Gasteiger partial charge in [0.05, 0.1) is 0 Å². The van der Waals surface area contributed by atoms with E-state index in [1.807, 2.05) is 6.92 Å². The second kappa shape index (κ2) is 7.75. The summed E-state index contributed by atoms with van der Waals surface area (Å²) < 4.78 is 2.26. The van der Waals surface area contributed by atoms with Crippen molar-refractivity contribution in [3.63, 3.8) is 0 Å². The Morgan fingerprint density at radius 1 is 1.24 bits per heavy atom. The minimum absolute atomic E-state index is 0.504. The van der Waals surface area contributed by atoms with Gasteiger partial charge in [0.2, 0.25) is 0 Å². The van der Waals surface area contributed by atoms with Crippen LogP contribution in [0.25, 0.3) is 0 Å². The average molecular weight is 347 g/mol. The molecule has 1 fully saturated rings. The standard InChI is InChI=1S/C19H34N6/c1-5-20-18(22-16-8-10-19(3,4)11-9-16)21-12-15-6-7-17-24-23-14(2)25(17)13-15/h15-16H,5-13H2,1-4H3,(H2,20,21,22). The topological polar surface area (TPSA) is 67.1 Å². The number of guanidine groups is 1. The van der Waals surface area contributed by atoms with E-state index in [0.29, 0.717) is 17.4 Å². The van der Waals surface area contributed by atoms with Crippen LogP contribution >= 0.6 is 0 Å². The monoisotopic (exact) mass is 346 g/mol. The number of hydrogen-bond acceptors (Lipinski definition) is 3. The van der Waals surface area contributed by atoms with Crippen molar-refractivity contribution in [2.45, 2.75) is 78.8 Å². The minimum Gasteiger partial charge on any atom is -0.357 e. The van der Waals surface area contributed by atoms with Crippen LogP contribution in [0.3, 0.4) is 0 Å². The van der Waals surface area contributed by atoms with Crippen molar-refractivity contribution in [1.82, 2.24) is 25.4 Å². The number of aryl methyl sites for hydroxylation is 2. The van der Waals surface area contributed by atoms with Crippen molar-refractivity contribution >= 4 is 5.96 Å². The molecular weight excluding hydrogens is 312 g/mol. The number of fused-ring (bicyclic) bond motifs is 1. The molecule has 0 amide bonds. The summed E-state index contributed by atoms with van der Waals surface area (Å²) in [7, 11) is 0. The van der Waals surface area contributed by atoms with Crippen molar-refractivity contribution < 1.29 is 0 Å². The summed E-state index contributed by atoms with van der Waals surface area (Å²) in [6.07, 6.45) is 7.24. The van der Waals surface area contributed by atoms with E-state index in [1.165, 1.54) is 25.7 Å². The van der Waals surface area contributed by atoms with Gasteiger partial charge in [-0.05, 0) is 57.3 Å². The summed E-state index contributed by atoms with van der Waals surface area (Å²) in [5.41, 5.74) is 0.504. The van der Waals surface area contributed by atoms with Crippen LogP contribution in [-0.2, 0) is 13.0 Å². The molecule has 1 aliphatic carbocycles. The molecule has 2 N–H and O–H groups in total. The highest BCUT2D eigenvalue weighted by molar-refractivity contribution is 5.80. The van der Waals surface area contributed by atoms with Gasteiger partial charge < -0.3 is 15.2 Å². The van der Waals surface area contributed by atoms with E-state index in [4.69, 9.17) is 4.99 Å². The lowest BCUT2D eigenvalue weighted by Gasteiger charge is -2.35. The van der Waals surface area contributed by atoms with Crippen LogP contribution in [0.1, 0.15) is 64.5 Å². The first-order valence-electron chi connectivity index (χ1n) is 9.90. The fourth-order valence-corrected chi connectivity index (χ4v) is 3.96. The van der Waals surface area contributed by atoms with Crippen LogP contribution in [0.4, 0.5) is 0 Å². The molecule has 25 heavy (non-hydrogen) atoms. The Balaban J connectivity index is 1.55. The zero-order valence-electron chi connectivity index (χ0n) is 16.3. The van der Waals surface area contributed by atoms with E-state index in [1.54, 1.807) is 0 Å². The molecule has 1 atom stereocenters. The van der Waals surface area contributed by atoms with Crippen molar-refractivity contribution in [1.29, 1.82) is 0 Å². The second-order valence-corrected chi connectivity index (χ2v) is 8.48. The molecule has 0 radical (unpaired) electrons. The molecule has 1 aromatic rings. The van der Waals surface area contributed by atoms with E-state index >= 15 is 0 Å². The molecule has 6 nitrogen and oxygen atoms in total. The van der Waals surface area contributed by atoms with Gasteiger partial charge in [0.1, 0.15) is 11.6 Å². The van der Waals surface area contributed by atoms with Gasteiger partial charge in [-0.3, -0.25) is 4.99 Å². The average Bonchev–Trinajstić information content (AvgIpc) is 2.95. The predicted octanol–water partition coefficient (Wildman–Crippen LogP) is 2.67.